The van der Waals surface area contributed by atoms with Crippen LogP contribution in [0.3, 0.4) is 0 Å². The van der Waals surface area contributed by atoms with Crippen molar-refractivity contribution in [3.8, 4) is 0 Å². The van der Waals surface area contributed by atoms with Gasteiger partial charge in [-0.1, -0.05) is 0 Å². The summed E-state index contributed by atoms with van der Waals surface area (Å²) in [6.45, 7) is 4.03. The fraction of sp³-hybridized carbons (Fsp3) is 0.643. The number of carbonyl (C=O) groups is 4. The highest BCUT2D eigenvalue weighted by Gasteiger charge is 2.52. The van der Waals surface area contributed by atoms with E-state index in [9.17, 15) is 24.3 Å². The van der Waals surface area contributed by atoms with Crippen molar-refractivity contribution in [1.82, 2.24) is 0 Å². The third-order valence-corrected chi connectivity index (χ3v) is 2.85. The van der Waals surface area contributed by atoms with E-state index in [4.69, 9.17) is 23.7 Å². The molecule has 1 aliphatic rings. The van der Waals surface area contributed by atoms with Gasteiger partial charge in [0.2, 0.25) is 6.10 Å². The number of aliphatic hydroxyl groups excluding tert-OH is 1. The Hall–Kier alpha value is -2.20. The minimum Gasteiger partial charge on any atom is -0.463 e. The third-order valence-electron chi connectivity index (χ3n) is 2.85. The molecule has 0 amide bonds. The molecule has 0 aromatic rings. The second-order valence-electron chi connectivity index (χ2n) is 4.98. The van der Waals surface area contributed by atoms with Gasteiger partial charge < -0.3 is 28.8 Å². The first kappa shape index (κ1) is 19.8. The van der Waals surface area contributed by atoms with Crippen molar-refractivity contribution in [2.75, 3.05) is 6.61 Å². The van der Waals surface area contributed by atoms with Crippen LogP contribution in [0.2, 0.25) is 0 Å². The number of esters is 4. The summed E-state index contributed by atoms with van der Waals surface area (Å²) in [7, 11) is 0. The molecular formula is C14H19O10. The minimum atomic E-state index is -1.50. The Kier molecular flexibility index (Phi) is 7.11. The summed E-state index contributed by atoms with van der Waals surface area (Å²) in [6.07, 6.45) is -6.06. The van der Waals surface area contributed by atoms with Gasteiger partial charge in [-0.15, -0.1) is 0 Å². The molecule has 0 aromatic carbocycles. The Morgan fingerprint density at radius 1 is 0.875 bits per heavy atom. The maximum Gasteiger partial charge on any atom is 0.303 e. The van der Waals surface area contributed by atoms with Gasteiger partial charge in [0.1, 0.15) is 12.7 Å². The molecule has 1 heterocycles. The van der Waals surface area contributed by atoms with Crippen molar-refractivity contribution in [2.24, 2.45) is 0 Å². The van der Waals surface area contributed by atoms with Crippen LogP contribution in [-0.4, -0.2) is 60.0 Å². The molecule has 0 aromatic heterocycles. The fourth-order valence-corrected chi connectivity index (χ4v) is 2.09. The minimum absolute atomic E-state index is 0.387. The van der Waals surface area contributed by atoms with Crippen molar-refractivity contribution in [3.05, 3.63) is 6.29 Å². The lowest BCUT2D eigenvalue weighted by molar-refractivity contribution is -0.252. The van der Waals surface area contributed by atoms with E-state index in [2.05, 4.69) is 0 Å². The Bertz CT molecular complexity index is 502. The highest BCUT2D eigenvalue weighted by molar-refractivity contribution is 5.68. The number of ether oxygens (including phenoxy) is 5. The third kappa shape index (κ3) is 5.78. The average Bonchev–Trinajstić information content (AvgIpc) is 2.42. The zero-order valence-corrected chi connectivity index (χ0v) is 13.6. The standard InChI is InChI=1S/C14H19O10/c1-6(15)20-5-10-11(21-7(2)16)12(22-8(3)17)13(14(19)24-10)23-9(4)18/h10-13,19H,5H2,1-4H3/t10-,11-,12+,13-/m1/s1. The molecule has 0 bridgehead atoms. The average molecular weight is 347 g/mol. The van der Waals surface area contributed by atoms with Crippen molar-refractivity contribution in [1.29, 1.82) is 0 Å². The molecule has 135 valence electrons. The monoisotopic (exact) mass is 347 g/mol. The molecule has 1 rings (SSSR count). The molecule has 1 radical (unpaired) electrons. The molecular weight excluding hydrogens is 328 g/mol. The van der Waals surface area contributed by atoms with Crippen molar-refractivity contribution < 1.29 is 48.0 Å². The molecule has 0 unspecified atom stereocenters. The molecule has 10 heteroatoms. The number of hydrogen-bond acceptors (Lipinski definition) is 10. The summed E-state index contributed by atoms with van der Waals surface area (Å²) in [5.41, 5.74) is 0. The van der Waals surface area contributed by atoms with E-state index in [1.165, 1.54) is 0 Å². The lowest BCUT2D eigenvalue weighted by Crippen LogP contribution is -2.59. The molecule has 4 atom stereocenters. The predicted octanol–water partition coefficient (Wildman–Crippen LogP) is -0.395. The van der Waals surface area contributed by atoms with Crippen molar-refractivity contribution in [3.63, 3.8) is 0 Å². The van der Waals surface area contributed by atoms with Crippen LogP contribution in [0.5, 0.6) is 0 Å². The van der Waals surface area contributed by atoms with E-state index >= 15 is 0 Å². The molecule has 24 heavy (non-hydrogen) atoms. The van der Waals surface area contributed by atoms with Gasteiger partial charge in [0.25, 0.3) is 6.29 Å². The van der Waals surface area contributed by atoms with Crippen LogP contribution in [0.25, 0.3) is 0 Å². The van der Waals surface area contributed by atoms with Crippen LogP contribution in [0.1, 0.15) is 27.7 Å². The highest BCUT2D eigenvalue weighted by Crippen LogP contribution is 2.31. The van der Waals surface area contributed by atoms with Crippen LogP contribution in [0.4, 0.5) is 0 Å². The first-order valence-corrected chi connectivity index (χ1v) is 6.99. The summed E-state index contributed by atoms with van der Waals surface area (Å²) in [5, 5.41) is 9.93. The van der Waals surface area contributed by atoms with Gasteiger partial charge in [0.15, 0.2) is 12.2 Å². The molecule has 1 saturated heterocycles. The summed E-state index contributed by atoms with van der Waals surface area (Å²) in [6, 6.07) is 0. The summed E-state index contributed by atoms with van der Waals surface area (Å²) >= 11 is 0. The largest absolute Gasteiger partial charge is 0.463 e. The number of aliphatic hydroxyl groups is 1. The Labute approximate surface area is 137 Å². The van der Waals surface area contributed by atoms with Crippen LogP contribution in [0, 0.1) is 6.29 Å². The van der Waals surface area contributed by atoms with Gasteiger partial charge in [-0.05, 0) is 0 Å². The second-order valence-corrected chi connectivity index (χ2v) is 4.98. The van der Waals surface area contributed by atoms with Gasteiger partial charge in [-0.3, -0.25) is 19.2 Å². The molecule has 0 spiro atoms. The maximum absolute atomic E-state index is 11.3. The predicted molar refractivity (Wildman–Crippen MR) is 73.3 cm³/mol. The normalized spacial score (nSPS) is 27.0. The zero-order valence-electron chi connectivity index (χ0n) is 13.6. The SMILES string of the molecule is CC(=O)OC[C@H]1O[C](O)[C@H](OC(C)=O)[C@@H](OC(C)=O)[C@@H]1OC(C)=O. The number of hydrogen-bond donors (Lipinski definition) is 1. The Morgan fingerprint density at radius 2 is 1.38 bits per heavy atom. The first-order valence-electron chi connectivity index (χ1n) is 6.99. The van der Waals surface area contributed by atoms with Gasteiger partial charge in [-0.25, -0.2) is 0 Å². The van der Waals surface area contributed by atoms with Crippen LogP contribution >= 0.6 is 0 Å². The molecule has 1 fully saturated rings. The van der Waals surface area contributed by atoms with Crippen LogP contribution in [-0.2, 0) is 42.9 Å². The Morgan fingerprint density at radius 3 is 1.83 bits per heavy atom. The van der Waals surface area contributed by atoms with Crippen LogP contribution < -0.4 is 0 Å². The molecule has 0 saturated carbocycles. The summed E-state index contributed by atoms with van der Waals surface area (Å²) in [4.78, 5) is 44.8. The number of rotatable bonds is 5. The van der Waals surface area contributed by atoms with Crippen molar-refractivity contribution in [2.45, 2.75) is 52.1 Å². The lowest BCUT2D eigenvalue weighted by atomic mass is 9.98. The van der Waals surface area contributed by atoms with E-state index in [0.717, 1.165) is 27.7 Å². The van der Waals surface area contributed by atoms with Gasteiger partial charge in [-0.2, -0.15) is 0 Å². The molecule has 0 aliphatic carbocycles. The smallest absolute Gasteiger partial charge is 0.303 e. The molecule has 1 aliphatic heterocycles. The lowest BCUT2D eigenvalue weighted by Gasteiger charge is -2.41. The zero-order chi connectivity index (χ0) is 18.4. The number of carbonyl (C=O) groups excluding carboxylic acids is 4. The van der Waals surface area contributed by atoms with E-state index in [0.29, 0.717) is 0 Å². The summed E-state index contributed by atoms with van der Waals surface area (Å²) in [5.74, 6) is -2.93. The van der Waals surface area contributed by atoms with E-state index in [-0.39, 0.29) is 6.61 Å². The maximum atomic E-state index is 11.3. The van der Waals surface area contributed by atoms with Crippen molar-refractivity contribution >= 4 is 23.9 Å². The second kappa shape index (κ2) is 8.60. The van der Waals surface area contributed by atoms with Crippen LogP contribution in [0.15, 0.2) is 0 Å². The van der Waals surface area contributed by atoms with Gasteiger partial charge in [0, 0.05) is 27.7 Å². The molecule has 1 N–H and O–H groups in total. The first-order chi connectivity index (χ1) is 11.1. The topological polar surface area (TPSA) is 135 Å². The highest BCUT2D eigenvalue weighted by atomic mass is 16.7. The van der Waals surface area contributed by atoms with E-state index < -0.39 is 54.6 Å². The molecule has 10 nitrogen and oxygen atoms in total. The van der Waals surface area contributed by atoms with Gasteiger partial charge >= 0.3 is 23.9 Å². The quantitative estimate of drug-likeness (QED) is 0.517. The van der Waals surface area contributed by atoms with E-state index in [1.807, 2.05) is 0 Å². The Balaban J connectivity index is 3.11. The van der Waals surface area contributed by atoms with E-state index in [1.54, 1.807) is 0 Å². The fourth-order valence-electron chi connectivity index (χ4n) is 2.09. The summed E-state index contributed by atoms with van der Waals surface area (Å²) < 4.78 is 24.9. The van der Waals surface area contributed by atoms with Gasteiger partial charge in [0.05, 0.1) is 0 Å².